The second kappa shape index (κ2) is 13.8. The van der Waals surface area contributed by atoms with Gasteiger partial charge < -0.3 is 29.1 Å². The van der Waals surface area contributed by atoms with Crippen molar-refractivity contribution in [3.8, 4) is 11.6 Å². The van der Waals surface area contributed by atoms with Gasteiger partial charge in [0.25, 0.3) is 5.92 Å². The van der Waals surface area contributed by atoms with Crippen molar-refractivity contribution < 1.29 is 55.2 Å². The third-order valence-corrected chi connectivity index (χ3v) is 8.11. The number of alkyl halides is 5. The van der Waals surface area contributed by atoms with E-state index < -0.39 is 77.5 Å². The fourth-order valence-electron chi connectivity index (χ4n) is 5.73. The summed E-state index contributed by atoms with van der Waals surface area (Å²) in [4.78, 5) is 32.1. The number of anilines is 2. The number of hydrogen-bond donors (Lipinski definition) is 1. The molecule has 1 N–H and O–H groups in total. The Hall–Kier alpha value is -3.59. The van der Waals surface area contributed by atoms with Crippen LogP contribution in [0.4, 0.5) is 37.7 Å². The molecule has 248 valence electrons. The van der Waals surface area contributed by atoms with Crippen LogP contribution in [0.15, 0.2) is 24.4 Å². The average molecular weight is 648 g/mol. The summed E-state index contributed by atoms with van der Waals surface area (Å²) in [5.41, 5.74) is -2.67. The summed E-state index contributed by atoms with van der Waals surface area (Å²) in [6.07, 6.45) is -2.13. The number of ether oxygens (including phenoxy) is 3. The van der Waals surface area contributed by atoms with Crippen molar-refractivity contribution in [1.29, 1.82) is 0 Å². The number of amides is 1. The zero-order valence-electron chi connectivity index (χ0n) is 25.0. The van der Waals surface area contributed by atoms with Crippen molar-refractivity contribution in [2.45, 2.75) is 57.2 Å². The molecule has 0 bridgehead atoms. The molecule has 15 heteroatoms. The van der Waals surface area contributed by atoms with Gasteiger partial charge in [-0.1, -0.05) is 6.92 Å². The van der Waals surface area contributed by atoms with Gasteiger partial charge in [-0.3, -0.25) is 4.79 Å². The molecular weight excluding hydrogens is 612 g/mol. The Morgan fingerprint density at radius 3 is 2.29 bits per heavy atom. The Labute approximate surface area is 256 Å². The first-order valence-corrected chi connectivity index (χ1v) is 14.4. The minimum absolute atomic E-state index is 0.0875. The van der Waals surface area contributed by atoms with Crippen molar-refractivity contribution in [2.24, 2.45) is 11.8 Å². The summed E-state index contributed by atoms with van der Waals surface area (Å²) in [7, 11) is 2.74. The molecule has 2 fully saturated rings. The Morgan fingerprint density at radius 1 is 1.11 bits per heavy atom. The molecule has 9 nitrogen and oxygen atoms in total. The van der Waals surface area contributed by atoms with Gasteiger partial charge in [-0.05, 0) is 37.7 Å². The highest BCUT2D eigenvalue weighted by Crippen LogP contribution is 2.42. The maximum atomic E-state index is 15.7. The van der Waals surface area contributed by atoms with E-state index in [4.69, 9.17) is 14.2 Å². The monoisotopic (exact) mass is 647 g/mol. The molecule has 1 aliphatic heterocycles. The highest BCUT2D eigenvalue weighted by atomic mass is 19.4. The molecule has 2 aliphatic rings. The molecule has 4 rings (SSSR count). The average Bonchev–Trinajstić information content (AvgIpc) is 3.33. The predicted molar refractivity (Wildman–Crippen MR) is 151 cm³/mol. The SMILES string of the molecule is COCC(COC)N(C(=O)C1CCC(C)CC1)c1cc(F)c(Oc2ncc(N3CCC(F)(F)C3)cc2C(F)(F)F)cc1C(=O)O. The molecule has 1 aliphatic carbocycles. The Morgan fingerprint density at radius 2 is 1.76 bits per heavy atom. The molecule has 1 saturated carbocycles. The molecule has 45 heavy (non-hydrogen) atoms. The lowest BCUT2D eigenvalue weighted by molar-refractivity contribution is -0.138. The van der Waals surface area contributed by atoms with E-state index in [0.29, 0.717) is 37.0 Å². The summed E-state index contributed by atoms with van der Waals surface area (Å²) < 4.78 is 101. The molecule has 2 aromatic rings. The maximum Gasteiger partial charge on any atom is 0.421 e. The first-order chi connectivity index (χ1) is 21.1. The summed E-state index contributed by atoms with van der Waals surface area (Å²) >= 11 is 0. The number of carboxylic acids is 1. The predicted octanol–water partition coefficient (Wildman–Crippen LogP) is 6.40. The second-order valence-electron chi connectivity index (χ2n) is 11.5. The van der Waals surface area contributed by atoms with Crippen molar-refractivity contribution in [3.63, 3.8) is 0 Å². The summed E-state index contributed by atoms with van der Waals surface area (Å²) in [5.74, 6) is -8.50. The lowest BCUT2D eigenvalue weighted by Crippen LogP contribution is -2.49. The van der Waals surface area contributed by atoms with E-state index in [1.54, 1.807) is 0 Å². The van der Waals surface area contributed by atoms with E-state index in [1.165, 1.54) is 14.2 Å². The van der Waals surface area contributed by atoms with Crippen molar-refractivity contribution in [1.82, 2.24) is 4.98 Å². The van der Waals surface area contributed by atoms with Crippen molar-refractivity contribution >= 4 is 23.3 Å². The van der Waals surface area contributed by atoms with Crippen molar-refractivity contribution in [2.75, 3.05) is 50.3 Å². The minimum atomic E-state index is -5.08. The van der Waals surface area contributed by atoms with Gasteiger partial charge in [-0.25, -0.2) is 22.9 Å². The van der Waals surface area contributed by atoms with E-state index in [0.717, 1.165) is 28.8 Å². The number of carboxylic acid groups (broad SMARTS) is 1. The third kappa shape index (κ3) is 7.98. The smallest absolute Gasteiger partial charge is 0.421 e. The molecule has 0 atom stereocenters. The number of aromatic carboxylic acids is 1. The summed E-state index contributed by atoms with van der Waals surface area (Å²) in [6, 6.07) is 1.11. The number of methoxy groups -OCH3 is 2. The second-order valence-corrected chi connectivity index (χ2v) is 11.5. The highest BCUT2D eigenvalue weighted by molar-refractivity contribution is 6.03. The number of rotatable bonds is 11. The van der Waals surface area contributed by atoms with E-state index in [9.17, 15) is 36.6 Å². The van der Waals surface area contributed by atoms with Crippen LogP contribution < -0.4 is 14.5 Å². The van der Waals surface area contributed by atoms with Crippen LogP contribution >= 0.6 is 0 Å². The Balaban J connectivity index is 1.75. The van der Waals surface area contributed by atoms with E-state index in [1.807, 2.05) is 0 Å². The van der Waals surface area contributed by atoms with E-state index >= 15 is 4.39 Å². The van der Waals surface area contributed by atoms with Crippen LogP contribution in [0.5, 0.6) is 11.6 Å². The lowest BCUT2D eigenvalue weighted by atomic mass is 9.82. The van der Waals surface area contributed by atoms with Crippen LogP contribution in [0.2, 0.25) is 0 Å². The molecule has 1 amide bonds. The molecule has 1 saturated heterocycles. The molecular formula is C30H35F6N3O6. The molecule has 2 heterocycles. The van der Waals surface area contributed by atoms with Crippen LogP contribution in [0.1, 0.15) is 54.9 Å². The zero-order valence-corrected chi connectivity index (χ0v) is 25.0. The molecule has 0 radical (unpaired) electrons. The number of benzene rings is 1. The normalized spacial score (nSPS) is 20.0. The molecule has 0 unspecified atom stereocenters. The highest BCUT2D eigenvalue weighted by Gasteiger charge is 2.41. The number of halogens is 6. The van der Waals surface area contributed by atoms with Crippen molar-refractivity contribution in [3.05, 3.63) is 41.3 Å². The quantitative estimate of drug-likeness (QED) is 0.280. The van der Waals surface area contributed by atoms with Crippen LogP contribution in [-0.2, 0) is 20.4 Å². The van der Waals surface area contributed by atoms with Gasteiger partial charge in [0.2, 0.25) is 11.8 Å². The largest absolute Gasteiger partial charge is 0.478 e. The van der Waals surface area contributed by atoms with Gasteiger partial charge in [0, 0.05) is 45.2 Å². The van der Waals surface area contributed by atoms with Gasteiger partial charge >= 0.3 is 12.1 Å². The first kappa shape index (κ1) is 34.3. The van der Waals surface area contributed by atoms with Crippen LogP contribution in [0, 0.1) is 17.7 Å². The van der Waals surface area contributed by atoms with Gasteiger partial charge in [-0.15, -0.1) is 0 Å². The number of carbonyl (C=O) groups excluding carboxylic acids is 1. The standard InChI is InChI=1S/C30H35F6N3O6/c1-17-4-6-18(7-5-17)27(40)39(20(14-43-2)15-44-3)24-12-23(31)25(11-21(24)28(41)42)45-26-22(30(34,35)36)10-19(13-37-26)38-9-8-29(32,33)16-38/h10-13,17-18,20H,4-9,14-16H2,1-3H3,(H,41,42). The van der Waals surface area contributed by atoms with Crippen LogP contribution in [-0.4, -0.2) is 74.5 Å². The summed E-state index contributed by atoms with van der Waals surface area (Å²) in [5, 5.41) is 10.1. The lowest BCUT2D eigenvalue weighted by Gasteiger charge is -2.36. The number of carbonyl (C=O) groups is 2. The third-order valence-electron chi connectivity index (χ3n) is 8.11. The number of aromatic nitrogens is 1. The molecule has 1 aromatic carbocycles. The van der Waals surface area contributed by atoms with E-state index in [2.05, 4.69) is 11.9 Å². The van der Waals surface area contributed by atoms with Gasteiger partial charge in [0.1, 0.15) is 5.56 Å². The van der Waals surface area contributed by atoms with Crippen LogP contribution in [0.3, 0.4) is 0 Å². The zero-order chi connectivity index (χ0) is 33.1. The van der Waals surface area contributed by atoms with Gasteiger partial charge in [-0.2, -0.15) is 13.2 Å². The fraction of sp³-hybridized carbons (Fsp3) is 0.567. The van der Waals surface area contributed by atoms with Gasteiger partial charge in [0.05, 0.1) is 48.9 Å². The minimum Gasteiger partial charge on any atom is -0.478 e. The number of pyridine rings is 1. The summed E-state index contributed by atoms with van der Waals surface area (Å²) in [6.45, 7) is 0.885. The Bertz CT molecular complexity index is 1380. The molecule has 0 spiro atoms. The van der Waals surface area contributed by atoms with Crippen LogP contribution in [0.25, 0.3) is 0 Å². The molecule has 1 aromatic heterocycles. The number of hydrogen-bond acceptors (Lipinski definition) is 7. The maximum absolute atomic E-state index is 15.7. The first-order valence-electron chi connectivity index (χ1n) is 14.4. The van der Waals surface area contributed by atoms with Gasteiger partial charge in [0.15, 0.2) is 11.6 Å². The Kier molecular flexibility index (Phi) is 10.5. The topological polar surface area (TPSA) is 101 Å². The van der Waals surface area contributed by atoms with E-state index in [-0.39, 0.29) is 31.1 Å². The fourth-order valence-corrected chi connectivity index (χ4v) is 5.73. The number of nitrogens with zero attached hydrogens (tertiary/aromatic N) is 3.